The number of esters is 2. The van der Waals surface area contributed by atoms with Crippen LogP contribution in [0.25, 0.3) is 5.69 Å². The fourth-order valence-electron chi connectivity index (χ4n) is 3.12. The zero-order valence-electron chi connectivity index (χ0n) is 17.0. The number of methoxy groups -OCH3 is 1. The molecule has 0 fully saturated rings. The minimum Gasteiger partial charge on any atom is -0.469 e. The van der Waals surface area contributed by atoms with Gasteiger partial charge in [-0.2, -0.15) is 5.10 Å². The van der Waals surface area contributed by atoms with Gasteiger partial charge in [-0.25, -0.2) is 14.5 Å². The predicted molar refractivity (Wildman–Crippen MR) is 107 cm³/mol. The number of hydrogen-bond donors (Lipinski definition) is 0. The van der Waals surface area contributed by atoms with Gasteiger partial charge in [-0.1, -0.05) is 0 Å². The molecule has 0 N–H and O–H groups in total. The summed E-state index contributed by atoms with van der Waals surface area (Å²) in [6, 6.07) is 8.35. The summed E-state index contributed by atoms with van der Waals surface area (Å²) in [7, 11) is 1.34. The number of hydrogen-bond acceptors (Lipinski definition) is 7. The quantitative estimate of drug-likeness (QED) is 0.414. The molecule has 0 bridgehead atoms. The highest BCUT2D eigenvalue weighted by molar-refractivity contribution is 6.00. The van der Waals surface area contributed by atoms with Crippen LogP contribution in [0, 0.1) is 13.8 Å². The van der Waals surface area contributed by atoms with E-state index in [9.17, 15) is 14.4 Å². The zero-order valence-corrected chi connectivity index (χ0v) is 17.0. The second-order valence-corrected chi connectivity index (χ2v) is 6.65. The molecule has 9 heteroatoms. The van der Waals surface area contributed by atoms with Crippen LogP contribution in [-0.4, -0.2) is 50.8 Å². The number of benzene rings is 1. The SMILES string of the molecule is COC(=O)CCn1c(C)cc(C(=O)COC(=O)c2ccc(-n3cncn3)cc2)c1C. The smallest absolute Gasteiger partial charge is 0.338 e. The standard InChI is InChI=1S/C21H22N4O5/c1-14-10-18(15(2)24(14)9-8-20(27)29-3)19(26)11-30-21(28)16-4-6-17(7-5-16)25-13-22-12-23-25/h4-7,10,12-13H,8-9,11H2,1-3H3. The van der Waals surface area contributed by atoms with Gasteiger partial charge in [-0.3, -0.25) is 9.59 Å². The van der Waals surface area contributed by atoms with Gasteiger partial charge in [-0.15, -0.1) is 0 Å². The van der Waals surface area contributed by atoms with E-state index in [4.69, 9.17) is 4.74 Å². The number of carbonyl (C=O) groups excluding carboxylic acids is 3. The second-order valence-electron chi connectivity index (χ2n) is 6.65. The number of aromatic nitrogens is 4. The van der Waals surface area contributed by atoms with Gasteiger partial charge in [-0.05, 0) is 44.2 Å². The number of aryl methyl sites for hydroxylation is 1. The monoisotopic (exact) mass is 410 g/mol. The third-order valence-electron chi connectivity index (χ3n) is 4.76. The van der Waals surface area contributed by atoms with Crippen molar-refractivity contribution >= 4 is 17.7 Å². The summed E-state index contributed by atoms with van der Waals surface area (Å²) in [6.07, 6.45) is 3.17. The Bertz CT molecular complexity index is 1050. The van der Waals surface area contributed by atoms with Gasteiger partial charge in [0, 0.05) is 23.5 Å². The van der Waals surface area contributed by atoms with E-state index in [1.54, 1.807) is 48.3 Å². The normalized spacial score (nSPS) is 10.6. The molecule has 0 spiro atoms. The maximum Gasteiger partial charge on any atom is 0.338 e. The van der Waals surface area contributed by atoms with E-state index in [-0.39, 0.29) is 24.8 Å². The van der Waals surface area contributed by atoms with Gasteiger partial charge in [0.15, 0.2) is 6.61 Å². The lowest BCUT2D eigenvalue weighted by Gasteiger charge is -2.09. The average Bonchev–Trinajstić information content (AvgIpc) is 3.39. The van der Waals surface area contributed by atoms with Crippen LogP contribution in [-0.2, 0) is 20.8 Å². The third kappa shape index (κ3) is 4.62. The van der Waals surface area contributed by atoms with E-state index >= 15 is 0 Å². The van der Waals surface area contributed by atoms with Crippen LogP contribution >= 0.6 is 0 Å². The van der Waals surface area contributed by atoms with Crippen LogP contribution in [0.5, 0.6) is 0 Å². The Morgan fingerprint density at radius 3 is 2.47 bits per heavy atom. The Hall–Kier alpha value is -3.75. The van der Waals surface area contributed by atoms with Crippen LogP contribution in [0.2, 0.25) is 0 Å². The first-order valence-corrected chi connectivity index (χ1v) is 9.29. The predicted octanol–water partition coefficient (Wildman–Crippen LogP) is 2.29. The molecule has 2 heterocycles. The summed E-state index contributed by atoms with van der Waals surface area (Å²) >= 11 is 0. The summed E-state index contributed by atoms with van der Waals surface area (Å²) in [5.41, 5.74) is 3.10. The Balaban J connectivity index is 1.61. The largest absolute Gasteiger partial charge is 0.469 e. The number of Topliss-reactive ketones (excluding diaryl/α,β-unsaturated/α-hetero) is 1. The van der Waals surface area contributed by atoms with Crippen LogP contribution in [0.4, 0.5) is 0 Å². The Morgan fingerprint density at radius 2 is 1.83 bits per heavy atom. The molecule has 156 valence electrons. The van der Waals surface area contributed by atoms with E-state index in [2.05, 4.69) is 14.8 Å². The van der Waals surface area contributed by atoms with E-state index in [1.165, 1.54) is 13.4 Å². The van der Waals surface area contributed by atoms with E-state index in [0.717, 1.165) is 17.1 Å². The molecule has 0 saturated heterocycles. The molecule has 0 aliphatic carbocycles. The lowest BCUT2D eigenvalue weighted by Crippen LogP contribution is -2.15. The molecule has 2 aromatic heterocycles. The first-order valence-electron chi connectivity index (χ1n) is 9.29. The molecular weight excluding hydrogens is 388 g/mol. The Kier molecular flexibility index (Phi) is 6.41. The van der Waals surface area contributed by atoms with Crippen LogP contribution < -0.4 is 0 Å². The number of ether oxygens (including phenoxy) is 2. The molecule has 0 radical (unpaired) electrons. The second kappa shape index (κ2) is 9.17. The van der Waals surface area contributed by atoms with E-state index in [0.29, 0.717) is 17.7 Å². The molecule has 0 aliphatic heterocycles. The first-order chi connectivity index (χ1) is 14.4. The maximum absolute atomic E-state index is 12.6. The summed E-state index contributed by atoms with van der Waals surface area (Å²) in [6.45, 7) is 3.69. The molecular formula is C21H22N4O5. The van der Waals surface area contributed by atoms with E-state index in [1.807, 2.05) is 11.5 Å². The number of ketones is 1. The number of carbonyl (C=O) groups is 3. The molecule has 0 atom stereocenters. The minimum absolute atomic E-state index is 0.208. The highest BCUT2D eigenvalue weighted by Gasteiger charge is 2.18. The molecule has 9 nitrogen and oxygen atoms in total. The first kappa shape index (κ1) is 21.0. The van der Waals surface area contributed by atoms with Crippen molar-refractivity contribution in [2.45, 2.75) is 26.8 Å². The molecule has 30 heavy (non-hydrogen) atoms. The summed E-state index contributed by atoms with van der Waals surface area (Å²) in [4.78, 5) is 40.1. The van der Waals surface area contributed by atoms with Gasteiger partial charge in [0.25, 0.3) is 0 Å². The van der Waals surface area contributed by atoms with Gasteiger partial charge < -0.3 is 14.0 Å². The average molecular weight is 410 g/mol. The molecule has 0 saturated carbocycles. The maximum atomic E-state index is 12.6. The lowest BCUT2D eigenvalue weighted by molar-refractivity contribution is -0.140. The highest BCUT2D eigenvalue weighted by Crippen LogP contribution is 2.17. The fourth-order valence-corrected chi connectivity index (χ4v) is 3.12. The highest BCUT2D eigenvalue weighted by atomic mass is 16.5. The number of nitrogens with zero attached hydrogens (tertiary/aromatic N) is 4. The third-order valence-corrected chi connectivity index (χ3v) is 4.76. The van der Waals surface area contributed by atoms with Crippen molar-refractivity contribution < 1.29 is 23.9 Å². The van der Waals surface area contributed by atoms with Crippen LogP contribution in [0.1, 0.15) is 38.5 Å². The van der Waals surface area contributed by atoms with E-state index < -0.39 is 5.97 Å². The van der Waals surface area contributed by atoms with Crippen LogP contribution in [0.15, 0.2) is 43.0 Å². The van der Waals surface area contributed by atoms with Gasteiger partial charge in [0.05, 0.1) is 24.8 Å². The van der Waals surface area contributed by atoms with Crippen molar-refractivity contribution in [1.82, 2.24) is 19.3 Å². The Labute approximate surface area is 173 Å². The van der Waals surface area contributed by atoms with Crippen molar-refractivity contribution in [2.75, 3.05) is 13.7 Å². The van der Waals surface area contributed by atoms with Gasteiger partial charge in [0.2, 0.25) is 5.78 Å². The summed E-state index contributed by atoms with van der Waals surface area (Å²) in [5.74, 6) is -1.22. The zero-order chi connectivity index (χ0) is 21.7. The molecule has 0 aliphatic rings. The van der Waals surface area contributed by atoms with Crippen LogP contribution in [0.3, 0.4) is 0 Å². The van der Waals surface area contributed by atoms with Crippen molar-refractivity contribution in [2.24, 2.45) is 0 Å². The van der Waals surface area contributed by atoms with Crippen molar-refractivity contribution in [3.63, 3.8) is 0 Å². The summed E-state index contributed by atoms with van der Waals surface area (Å²) < 4.78 is 13.3. The molecule has 1 aromatic carbocycles. The van der Waals surface area contributed by atoms with Crippen molar-refractivity contribution in [3.05, 3.63) is 65.5 Å². The molecule has 3 aromatic rings. The van der Waals surface area contributed by atoms with Crippen molar-refractivity contribution in [3.8, 4) is 5.69 Å². The topological polar surface area (TPSA) is 105 Å². The molecule has 0 amide bonds. The summed E-state index contributed by atoms with van der Waals surface area (Å²) in [5, 5.41) is 4.02. The van der Waals surface area contributed by atoms with Gasteiger partial charge in [0.1, 0.15) is 12.7 Å². The molecule has 3 rings (SSSR count). The molecule has 0 unspecified atom stereocenters. The van der Waals surface area contributed by atoms with Gasteiger partial charge >= 0.3 is 11.9 Å². The number of rotatable bonds is 8. The fraction of sp³-hybridized carbons (Fsp3) is 0.286. The van der Waals surface area contributed by atoms with Crippen molar-refractivity contribution in [1.29, 1.82) is 0 Å². The lowest BCUT2D eigenvalue weighted by atomic mass is 10.1. The Morgan fingerprint density at radius 1 is 1.10 bits per heavy atom. The minimum atomic E-state index is -0.590.